The normalized spacial score (nSPS) is 22.3. The molecule has 1 N–H and O–H groups in total. The van der Waals surface area contributed by atoms with E-state index in [9.17, 15) is 5.11 Å². The van der Waals surface area contributed by atoms with Crippen LogP contribution in [0, 0.1) is 5.92 Å². The van der Waals surface area contributed by atoms with Gasteiger partial charge in [-0.1, -0.05) is 32.0 Å². The first kappa shape index (κ1) is 11.5. The van der Waals surface area contributed by atoms with Gasteiger partial charge < -0.3 is 9.84 Å². The Labute approximate surface area is 97.3 Å². The third-order valence-corrected chi connectivity index (χ3v) is 3.53. The van der Waals surface area contributed by atoms with E-state index >= 15 is 0 Å². The highest BCUT2D eigenvalue weighted by molar-refractivity contribution is 5.39. The summed E-state index contributed by atoms with van der Waals surface area (Å²) < 4.78 is 5.64. The molecule has 1 aromatic carbocycles. The summed E-state index contributed by atoms with van der Waals surface area (Å²) in [6.45, 7) is 4.91. The van der Waals surface area contributed by atoms with Crippen LogP contribution in [0.1, 0.15) is 38.2 Å². The van der Waals surface area contributed by atoms with Crippen LogP contribution in [-0.2, 0) is 0 Å². The molecule has 0 spiro atoms. The molecule has 1 aliphatic heterocycles. The lowest BCUT2D eigenvalue weighted by atomic mass is 9.87. The molecule has 1 aliphatic rings. The molecular formula is C14H20O2. The van der Waals surface area contributed by atoms with Crippen molar-refractivity contribution >= 4 is 0 Å². The van der Waals surface area contributed by atoms with Crippen molar-refractivity contribution in [1.29, 1.82) is 0 Å². The third-order valence-electron chi connectivity index (χ3n) is 3.53. The number of hydrogen-bond donors (Lipinski definition) is 1. The van der Waals surface area contributed by atoms with Crippen molar-refractivity contribution < 1.29 is 9.84 Å². The molecule has 2 nitrogen and oxygen atoms in total. The average molecular weight is 220 g/mol. The number of aliphatic hydroxyl groups excluding tert-OH is 1. The summed E-state index contributed by atoms with van der Waals surface area (Å²) in [6, 6.07) is 8.22. The Bertz CT molecular complexity index is 348. The van der Waals surface area contributed by atoms with Gasteiger partial charge in [0, 0.05) is 11.5 Å². The van der Waals surface area contributed by atoms with Gasteiger partial charge in [0.1, 0.15) is 5.75 Å². The van der Waals surface area contributed by atoms with E-state index in [-0.39, 0.29) is 6.10 Å². The van der Waals surface area contributed by atoms with Gasteiger partial charge in [0.05, 0.1) is 12.7 Å². The lowest BCUT2D eigenvalue weighted by molar-refractivity contribution is 0.102. The van der Waals surface area contributed by atoms with Crippen LogP contribution in [0.15, 0.2) is 24.3 Å². The van der Waals surface area contributed by atoms with Gasteiger partial charge in [0.2, 0.25) is 0 Å². The molecule has 2 heteroatoms. The summed E-state index contributed by atoms with van der Waals surface area (Å²) in [6.07, 6.45) is 1.65. The summed E-state index contributed by atoms with van der Waals surface area (Å²) in [5.74, 6) is 1.81. The topological polar surface area (TPSA) is 29.5 Å². The van der Waals surface area contributed by atoms with Gasteiger partial charge in [-0.2, -0.15) is 0 Å². The van der Waals surface area contributed by atoms with E-state index < -0.39 is 0 Å². The standard InChI is InChI=1S/C14H20O2/c1-3-13(15)10(2)8-11-9-16-14-7-5-4-6-12(11)14/h4-7,10-11,13,15H,3,8-9H2,1-2H3. The maximum atomic E-state index is 9.79. The molecule has 0 saturated carbocycles. The molecule has 0 aliphatic carbocycles. The Hall–Kier alpha value is -1.02. The first-order valence-electron chi connectivity index (χ1n) is 6.12. The number of benzene rings is 1. The van der Waals surface area contributed by atoms with Crippen LogP contribution in [0.3, 0.4) is 0 Å². The zero-order valence-electron chi connectivity index (χ0n) is 10.0. The fraction of sp³-hybridized carbons (Fsp3) is 0.571. The van der Waals surface area contributed by atoms with Crippen molar-refractivity contribution in [3.8, 4) is 5.75 Å². The predicted molar refractivity (Wildman–Crippen MR) is 64.8 cm³/mol. The number of fused-ring (bicyclic) bond motifs is 1. The largest absolute Gasteiger partial charge is 0.493 e. The van der Waals surface area contributed by atoms with Crippen molar-refractivity contribution in [3.05, 3.63) is 29.8 Å². The van der Waals surface area contributed by atoms with Crippen molar-refractivity contribution in [2.45, 2.75) is 38.7 Å². The van der Waals surface area contributed by atoms with Gasteiger partial charge in [-0.05, 0) is 24.8 Å². The number of rotatable bonds is 4. The van der Waals surface area contributed by atoms with Crippen molar-refractivity contribution in [2.75, 3.05) is 6.61 Å². The molecule has 88 valence electrons. The molecule has 2 rings (SSSR count). The Morgan fingerprint density at radius 3 is 2.94 bits per heavy atom. The van der Waals surface area contributed by atoms with Crippen LogP contribution in [0.5, 0.6) is 5.75 Å². The summed E-state index contributed by atoms with van der Waals surface area (Å²) in [5, 5.41) is 9.79. The Morgan fingerprint density at radius 2 is 2.19 bits per heavy atom. The maximum Gasteiger partial charge on any atom is 0.122 e. The van der Waals surface area contributed by atoms with E-state index in [0.717, 1.165) is 25.2 Å². The molecule has 0 radical (unpaired) electrons. The summed E-state index contributed by atoms with van der Waals surface area (Å²) in [7, 11) is 0. The zero-order valence-corrected chi connectivity index (χ0v) is 10.0. The Balaban J connectivity index is 2.03. The molecule has 0 bridgehead atoms. The van der Waals surface area contributed by atoms with E-state index in [0.29, 0.717) is 11.8 Å². The molecule has 3 atom stereocenters. The molecule has 0 amide bonds. The molecule has 16 heavy (non-hydrogen) atoms. The van der Waals surface area contributed by atoms with Gasteiger partial charge in [-0.25, -0.2) is 0 Å². The summed E-state index contributed by atoms with van der Waals surface area (Å²) >= 11 is 0. The summed E-state index contributed by atoms with van der Waals surface area (Å²) in [5.41, 5.74) is 1.30. The molecule has 0 saturated heterocycles. The number of para-hydroxylation sites is 1. The van der Waals surface area contributed by atoms with Crippen LogP contribution < -0.4 is 4.74 Å². The number of hydrogen-bond acceptors (Lipinski definition) is 2. The van der Waals surface area contributed by atoms with Crippen LogP contribution in [0.2, 0.25) is 0 Å². The lowest BCUT2D eigenvalue weighted by Crippen LogP contribution is -2.19. The van der Waals surface area contributed by atoms with Gasteiger partial charge in [0.15, 0.2) is 0 Å². The van der Waals surface area contributed by atoms with Gasteiger partial charge in [-0.15, -0.1) is 0 Å². The minimum atomic E-state index is -0.187. The second-order valence-electron chi connectivity index (χ2n) is 4.73. The van der Waals surface area contributed by atoms with E-state index in [4.69, 9.17) is 4.74 Å². The van der Waals surface area contributed by atoms with E-state index in [2.05, 4.69) is 19.1 Å². The molecule has 1 aromatic rings. The van der Waals surface area contributed by atoms with Crippen molar-refractivity contribution in [2.24, 2.45) is 5.92 Å². The van der Waals surface area contributed by atoms with Gasteiger partial charge in [-0.3, -0.25) is 0 Å². The molecule has 1 heterocycles. The molecular weight excluding hydrogens is 200 g/mol. The van der Waals surface area contributed by atoms with E-state index in [1.165, 1.54) is 5.56 Å². The average Bonchev–Trinajstić information content (AvgIpc) is 2.72. The third kappa shape index (κ3) is 2.22. The minimum absolute atomic E-state index is 0.187. The monoisotopic (exact) mass is 220 g/mol. The molecule has 0 fully saturated rings. The van der Waals surface area contributed by atoms with Crippen molar-refractivity contribution in [3.63, 3.8) is 0 Å². The summed E-state index contributed by atoms with van der Waals surface area (Å²) in [4.78, 5) is 0. The SMILES string of the molecule is CCC(O)C(C)CC1COc2ccccc21. The second kappa shape index (κ2) is 4.88. The minimum Gasteiger partial charge on any atom is -0.493 e. The quantitative estimate of drug-likeness (QED) is 0.845. The van der Waals surface area contributed by atoms with Crippen LogP contribution >= 0.6 is 0 Å². The molecule has 3 unspecified atom stereocenters. The molecule has 0 aromatic heterocycles. The highest BCUT2D eigenvalue weighted by Gasteiger charge is 2.26. The van der Waals surface area contributed by atoms with Crippen molar-refractivity contribution in [1.82, 2.24) is 0 Å². The second-order valence-corrected chi connectivity index (χ2v) is 4.73. The Morgan fingerprint density at radius 1 is 1.44 bits per heavy atom. The number of aliphatic hydroxyl groups is 1. The fourth-order valence-corrected chi connectivity index (χ4v) is 2.43. The Kier molecular flexibility index (Phi) is 3.49. The highest BCUT2D eigenvalue weighted by Crippen LogP contribution is 2.37. The highest BCUT2D eigenvalue weighted by atomic mass is 16.5. The van der Waals surface area contributed by atoms with Crippen LogP contribution in [0.4, 0.5) is 0 Å². The van der Waals surface area contributed by atoms with Gasteiger partial charge >= 0.3 is 0 Å². The first-order chi connectivity index (χ1) is 7.72. The van der Waals surface area contributed by atoms with E-state index in [1.54, 1.807) is 0 Å². The smallest absolute Gasteiger partial charge is 0.122 e. The van der Waals surface area contributed by atoms with Crippen LogP contribution in [0.25, 0.3) is 0 Å². The number of ether oxygens (including phenoxy) is 1. The maximum absolute atomic E-state index is 9.79. The fourth-order valence-electron chi connectivity index (χ4n) is 2.43. The van der Waals surface area contributed by atoms with Gasteiger partial charge in [0.25, 0.3) is 0 Å². The van der Waals surface area contributed by atoms with Crippen LogP contribution in [-0.4, -0.2) is 17.8 Å². The first-order valence-corrected chi connectivity index (χ1v) is 6.12. The predicted octanol–water partition coefficient (Wildman–Crippen LogP) is 2.96. The lowest BCUT2D eigenvalue weighted by Gasteiger charge is -2.20. The van der Waals surface area contributed by atoms with E-state index in [1.807, 2.05) is 19.1 Å². The zero-order chi connectivity index (χ0) is 11.5.